The lowest BCUT2D eigenvalue weighted by Crippen LogP contribution is -2.45. The maximum absolute atomic E-state index is 13.4. The molecular formula is C24H29ClN4O3S. The zero-order valence-electron chi connectivity index (χ0n) is 18.9. The van der Waals surface area contributed by atoms with E-state index in [9.17, 15) is 13.2 Å². The van der Waals surface area contributed by atoms with Crippen LogP contribution in [0.4, 0.5) is 0 Å². The van der Waals surface area contributed by atoms with E-state index in [4.69, 9.17) is 16.9 Å². The van der Waals surface area contributed by atoms with Crippen molar-refractivity contribution >= 4 is 27.5 Å². The number of hydrogen-bond donors (Lipinski definition) is 0. The highest BCUT2D eigenvalue weighted by Gasteiger charge is 2.33. The summed E-state index contributed by atoms with van der Waals surface area (Å²) in [6.07, 6.45) is 0.959. The second-order valence-corrected chi connectivity index (χ2v) is 10.9. The third-order valence-electron chi connectivity index (χ3n) is 5.84. The molecule has 1 heterocycles. The highest BCUT2D eigenvalue weighted by atomic mass is 35.5. The molecule has 2 aromatic carbocycles. The van der Waals surface area contributed by atoms with Crippen molar-refractivity contribution in [1.29, 1.82) is 5.26 Å². The summed E-state index contributed by atoms with van der Waals surface area (Å²) < 4.78 is 27.4. The van der Waals surface area contributed by atoms with Gasteiger partial charge in [-0.15, -0.1) is 0 Å². The molecule has 0 saturated carbocycles. The number of rotatable bonds is 8. The molecule has 0 bridgehead atoms. The number of carbonyl (C=O) groups excluding carboxylic acids is 1. The predicted octanol–water partition coefficient (Wildman–Crippen LogP) is 3.20. The molecule has 1 aliphatic rings. The van der Waals surface area contributed by atoms with Crippen molar-refractivity contribution in [2.24, 2.45) is 5.92 Å². The van der Waals surface area contributed by atoms with E-state index < -0.39 is 10.0 Å². The summed E-state index contributed by atoms with van der Waals surface area (Å²) in [5, 5.41) is 9.58. The molecule has 0 atom stereocenters. The van der Waals surface area contributed by atoms with Crippen molar-refractivity contribution in [3.63, 3.8) is 0 Å². The number of benzene rings is 2. The van der Waals surface area contributed by atoms with E-state index in [0.29, 0.717) is 49.6 Å². The van der Waals surface area contributed by atoms with Gasteiger partial charge in [0.1, 0.15) is 0 Å². The van der Waals surface area contributed by atoms with Gasteiger partial charge in [-0.3, -0.25) is 4.79 Å². The molecule has 1 saturated heterocycles. The van der Waals surface area contributed by atoms with Crippen molar-refractivity contribution in [3.05, 3.63) is 64.7 Å². The summed E-state index contributed by atoms with van der Waals surface area (Å²) in [6, 6.07) is 15.4. The fraction of sp³-hybridized carbons (Fsp3) is 0.417. The number of hydrogen-bond acceptors (Lipinski definition) is 5. The van der Waals surface area contributed by atoms with Crippen LogP contribution in [0.15, 0.2) is 53.4 Å². The molecular weight excluding hydrogens is 460 g/mol. The first-order chi connectivity index (χ1) is 15.7. The number of piperidine rings is 1. The zero-order chi connectivity index (χ0) is 24.0. The van der Waals surface area contributed by atoms with Crippen LogP contribution < -0.4 is 0 Å². The topological polar surface area (TPSA) is 84.7 Å². The Morgan fingerprint density at radius 1 is 1.06 bits per heavy atom. The highest BCUT2D eigenvalue weighted by Crippen LogP contribution is 2.26. The van der Waals surface area contributed by atoms with Gasteiger partial charge in [0, 0.05) is 43.7 Å². The van der Waals surface area contributed by atoms with Gasteiger partial charge in [-0.25, -0.2) is 8.42 Å². The van der Waals surface area contributed by atoms with E-state index in [-0.39, 0.29) is 16.7 Å². The monoisotopic (exact) mass is 488 g/mol. The lowest BCUT2D eigenvalue weighted by Gasteiger charge is -2.34. The molecule has 2 aromatic rings. The molecule has 9 heteroatoms. The third kappa shape index (κ3) is 6.55. The minimum absolute atomic E-state index is 0.0576. The summed E-state index contributed by atoms with van der Waals surface area (Å²) >= 11 is 5.99. The molecule has 33 heavy (non-hydrogen) atoms. The van der Waals surface area contributed by atoms with Gasteiger partial charge in [0.15, 0.2) is 0 Å². The number of halogens is 1. The molecule has 0 radical (unpaired) electrons. The van der Waals surface area contributed by atoms with Gasteiger partial charge in [-0.2, -0.15) is 9.57 Å². The molecule has 3 rings (SSSR count). The molecule has 176 valence electrons. The summed E-state index contributed by atoms with van der Waals surface area (Å²) in [5.41, 5.74) is 1.42. The summed E-state index contributed by atoms with van der Waals surface area (Å²) in [6.45, 7) is 2.42. The number of amides is 1. The first kappa shape index (κ1) is 25.2. The molecule has 7 nitrogen and oxygen atoms in total. The van der Waals surface area contributed by atoms with Crippen molar-refractivity contribution in [2.45, 2.75) is 24.3 Å². The molecule has 0 unspecified atom stereocenters. The summed E-state index contributed by atoms with van der Waals surface area (Å²) in [4.78, 5) is 17.4. The number of carbonyl (C=O) groups is 1. The van der Waals surface area contributed by atoms with Crippen LogP contribution in [-0.2, 0) is 21.4 Å². The second kappa shape index (κ2) is 11.1. The molecule has 0 aliphatic carbocycles. The van der Waals surface area contributed by atoms with Crippen molar-refractivity contribution in [2.75, 3.05) is 40.3 Å². The molecule has 1 fully saturated rings. The van der Waals surface area contributed by atoms with E-state index in [0.717, 1.165) is 12.1 Å². The Morgan fingerprint density at radius 2 is 1.67 bits per heavy atom. The standard InChI is InChI=1S/C24H29ClN4O3S/c1-27(2)15-16-28(18-20-3-7-22(25)8-4-20)24(30)21-11-13-29(14-12-21)33(31,32)23-9-5-19(17-26)6-10-23/h3-10,21H,11-16,18H2,1-2H3. The quantitative estimate of drug-likeness (QED) is 0.569. The van der Waals surface area contributed by atoms with E-state index in [2.05, 4.69) is 0 Å². The number of nitrogens with zero attached hydrogens (tertiary/aromatic N) is 4. The van der Waals surface area contributed by atoms with Crippen LogP contribution in [-0.4, -0.2) is 68.7 Å². The van der Waals surface area contributed by atoms with Crippen molar-refractivity contribution in [3.8, 4) is 6.07 Å². The van der Waals surface area contributed by atoms with Crippen LogP contribution in [0.2, 0.25) is 5.02 Å². The maximum atomic E-state index is 13.4. The van der Waals surface area contributed by atoms with Crippen LogP contribution in [0, 0.1) is 17.2 Å². The Labute approximate surface area is 201 Å². The molecule has 1 amide bonds. The van der Waals surface area contributed by atoms with E-state index in [1.165, 1.54) is 28.6 Å². The largest absolute Gasteiger partial charge is 0.337 e. The molecule has 0 N–H and O–H groups in total. The Kier molecular flexibility index (Phi) is 8.49. The van der Waals surface area contributed by atoms with Crippen LogP contribution >= 0.6 is 11.6 Å². The van der Waals surface area contributed by atoms with Crippen LogP contribution in [0.1, 0.15) is 24.0 Å². The SMILES string of the molecule is CN(C)CCN(Cc1ccc(Cl)cc1)C(=O)C1CCN(S(=O)(=O)c2ccc(C#N)cc2)CC1. The molecule has 0 aromatic heterocycles. The minimum Gasteiger partial charge on any atom is -0.337 e. The lowest BCUT2D eigenvalue weighted by atomic mass is 9.96. The Bertz CT molecular complexity index is 1090. The average Bonchev–Trinajstić information content (AvgIpc) is 2.82. The van der Waals surface area contributed by atoms with Gasteiger partial charge >= 0.3 is 0 Å². The highest BCUT2D eigenvalue weighted by molar-refractivity contribution is 7.89. The van der Waals surface area contributed by atoms with Crippen LogP contribution in [0.3, 0.4) is 0 Å². The normalized spacial score (nSPS) is 15.4. The Morgan fingerprint density at radius 3 is 2.21 bits per heavy atom. The maximum Gasteiger partial charge on any atom is 0.243 e. The smallest absolute Gasteiger partial charge is 0.243 e. The predicted molar refractivity (Wildman–Crippen MR) is 128 cm³/mol. The van der Waals surface area contributed by atoms with Crippen LogP contribution in [0.5, 0.6) is 0 Å². The average molecular weight is 489 g/mol. The summed E-state index contributed by atoms with van der Waals surface area (Å²) in [7, 11) is 0.289. The third-order valence-corrected chi connectivity index (χ3v) is 8.00. The second-order valence-electron chi connectivity index (χ2n) is 8.50. The van der Waals surface area contributed by atoms with Crippen LogP contribution in [0.25, 0.3) is 0 Å². The first-order valence-corrected chi connectivity index (χ1v) is 12.7. The molecule has 0 spiro atoms. The van der Waals surface area contributed by atoms with Gasteiger partial charge in [0.2, 0.25) is 15.9 Å². The molecule has 1 aliphatic heterocycles. The Hall–Kier alpha value is -2.44. The van der Waals surface area contributed by atoms with Gasteiger partial charge in [-0.1, -0.05) is 23.7 Å². The van der Waals surface area contributed by atoms with Gasteiger partial charge in [0.05, 0.1) is 16.5 Å². The first-order valence-electron chi connectivity index (χ1n) is 10.9. The van der Waals surface area contributed by atoms with Crippen molar-refractivity contribution < 1.29 is 13.2 Å². The Balaban J connectivity index is 1.66. The fourth-order valence-electron chi connectivity index (χ4n) is 3.85. The minimum atomic E-state index is -3.65. The van der Waals surface area contributed by atoms with E-state index in [1.807, 2.05) is 54.2 Å². The zero-order valence-corrected chi connectivity index (χ0v) is 20.5. The van der Waals surface area contributed by atoms with Crippen molar-refractivity contribution in [1.82, 2.24) is 14.1 Å². The lowest BCUT2D eigenvalue weighted by molar-refractivity contribution is -0.137. The fourth-order valence-corrected chi connectivity index (χ4v) is 5.45. The summed E-state index contributed by atoms with van der Waals surface area (Å²) in [5.74, 6) is -0.158. The van der Waals surface area contributed by atoms with E-state index in [1.54, 1.807) is 0 Å². The van der Waals surface area contributed by atoms with Gasteiger partial charge < -0.3 is 9.80 Å². The number of likely N-dealkylation sites (N-methyl/N-ethyl adjacent to an activating group) is 1. The van der Waals surface area contributed by atoms with E-state index >= 15 is 0 Å². The number of nitriles is 1. The van der Waals surface area contributed by atoms with Gasteiger partial charge in [-0.05, 0) is 68.9 Å². The number of sulfonamides is 1. The van der Waals surface area contributed by atoms with Gasteiger partial charge in [0.25, 0.3) is 0 Å².